The number of amides is 1. The van der Waals surface area contributed by atoms with Gasteiger partial charge in [-0.15, -0.1) is 0 Å². The molecule has 0 radical (unpaired) electrons. The fourth-order valence-corrected chi connectivity index (χ4v) is 5.68. The molecule has 0 spiro atoms. The number of fused-ring (bicyclic) bond motifs is 1. The van der Waals surface area contributed by atoms with Crippen molar-refractivity contribution in [2.45, 2.75) is 25.3 Å². The molecule has 0 fully saturated rings. The van der Waals surface area contributed by atoms with Gasteiger partial charge in [-0.05, 0) is 74.0 Å². The normalized spacial score (nSPS) is 12.3. The minimum Gasteiger partial charge on any atom is -0.380 e. The van der Waals surface area contributed by atoms with Crippen molar-refractivity contribution in [3.8, 4) is 0 Å². The Balaban J connectivity index is 1.65. The molecule has 0 aliphatic rings. The summed E-state index contributed by atoms with van der Waals surface area (Å²) in [5.74, 6) is -1.03. The lowest BCUT2D eigenvalue weighted by atomic mass is 10.2. The first kappa shape index (κ1) is 24.8. The number of thiazole rings is 1. The van der Waals surface area contributed by atoms with Crippen molar-refractivity contribution in [3.63, 3.8) is 0 Å². The molecule has 10 heteroatoms. The van der Waals surface area contributed by atoms with Crippen LogP contribution in [0.25, 0.3) is 10.2 Å². The summed E-state index contributed by atoms with van der Waals surface area (Å²) in [6, 6.07) is 16.6. The molecule has 35 heavy (non-hydrogen) atoms. The van der Waals surface area contributed by atoms with Gasteiger partial charge in [0.05, 0.1) is 21.7 Å². The molecule has 0 atom stereocenters. The first-order valence-corrected chi connectivity index (χ1v) is 13.2. The summed E-state index contributed by atoms with van der Waals surface area (Å²) in [6.45, 7) is 5.54. The number of rotatable bonds is 8. The van der Waals surface area contributed by atoms with Gasteiger partial charge in [-0.25, -0.2) is 12.8 Å². The van der Waals surface area contributed by atoms with Gasteiger partial charge in [-0.1, -0.05) is 23.5 Å². The Morgan fingerprint density at radius 3 is 2.63 bits per heavy atom. The second-order valence-electron chi connectivity index (χ2n) is 7.76. The number of halogens is 1. The van der Waals surface area contributed by atoms with Crippen LogP contribution in [-0.4, -0.2) is 32.1 Å². The molecule has 1 aromatic heterocycles. The van der Waals surface area contributed by atoms with Crippen molar-refractivity contribution >= 4 is 43.2 Å². The number of nitrogens with one attached hydrogen (secondary N) is 1. The van der Waals surface area contributed by atoms with E-state index < -0.39 is 21.7 Å². The molecule has 1 amide bonds. The van der Waals surface area contributed by atoms with Crippen molar-refractivity contribution < 1.29 is 22.3 Å². The van der Waals surface area contributed by atoms with Crippen LogP contribution in [0.2, 0.25) is 0 Å². The molecule has 182 valence electrons. The van der Waals surface area contributed by atoms with Crippen LogP contribution < -0.4 is 9.52 Å². The number of hydrogen-bond acceptors (Lipinski definition) is 5. The van der Waals surface area contributed by atoms with E-state index in [4.69, 9.17) is 4.74 Å². The molecular formula is C25H24FN3O4S2. The highest BCUT2D eigenvalue weighted by atomic mass is 32.2. The van der Waals surface area contributed by atoms with Crippen LogP contribution in [-0.2, 0) is 21.3 Å². The third kappa shape index (κ3) is 5.84. The fraction of sp³-hybridized carbons (Fsp3) is 0.200. The minimum absolute atomic E-state index is 0.0868. The average molecular weight is 514 g/mol. The number of carbonyl (C=O) groups is 1. The van der Waals surface area contributed by atoms with E-state index in [1.807, 2.05) is 36.6 Å². The highest BCUT2D eigenvalue weighted by Crippen LogP contribution is 2.20. The first-order chi connectivity index (χ1) is 16.8. The van der Waals surface area contributed by atoms with Crippen LogP contribution in [0.1, 0.15) is 22.8 Å². The number of ether oxygens (including phenoxy) is 1. The quantitative estimate of drug-likeness (QED) is 0.345. The van der Waals surface area contributed by atoms with Gasteiger partial charge in [-0.3, -0.25) is 9.52 Å². The molecule has 3 aromatic carbocycles. The Morgan fingerprint density at radius 2 is 1.89 bits per heavy atom. The summed E-state index contributed by atoms with van der Waals surface area (Å²) in [4.78, 5) is 17.8. The van der Waals surface area contributed by atoms with Gasteiger partial charge < -0.3 is 9.30 Å². The van der Waals surface area contributed by atoms with Crippen molar-refractivity contribution in [1.82, 2.24) is 4.57 Å². The van der Waals surface area contributed by atoms with Gasteiger partial charge in [0.15, 0.2) is 4.80 Å². The largest absolute Gasteiger partial charge is 0.380 e. The second-order valence-corrected chi connectivity index (χ2v) is 10.5. The van der Waals surface area contributed by atoms with Crippen LogP contribution in [0.15, 0.2) is 76.6 Å². The summed E-state index contributed by atoms with van der Waals surface area (Å²) in [5.41, 5.74) is 2.50. The van der Waals surface area contributed by atoms with Gasteiger partial charge in [0.25, 0.3) is 15.9 Å². The number of aromatic nitrogens is 1. The number of sulfonamides is 1. The van der Waals surface area contributed by atoms with E-state index in [-0.39, 0.29) is 16.1 Å². The zero-order valence-electron chi connectivity index (χ0n) is 19.2. The maximum Gasteiger partial charge on any atom is 0.279 e. The van der Waals surface area contributed by atoms with E-state index in [0.717, 1.165) is 27.9 Å². The zero-order chi connectivity index (χ0) is 25.0. The van der Waals surface area contributed by atoms with Crippen LogP contribution >= 0.6 is 11.3 Å². The number of carbonyl (C=O) groups excluding carboxylic acids is 1. The van der Waals surface area contributed by atoms with Crippen molar-refractivity contribution in [3.05, 3.63) is 88.5 Å². The smallest absolute Gasteiger partial charge is 0.279 e. The molecule has 0 bridgehead atoms. The topological polar surface area (TPSA) is 89.8 Å². The predicted octanol–water partition coefficient (Wildman–Crippen LogP) is 4.73. The standard InChI is InChI=1S/C25H24FN3O4S2/c1-3-33-14-13-29-22-12-7-17(2)15-23(22)34-25(29)27-24(30)18-5-4-6-20(16-18)28-35(31,32)21-10-8-19(26)9-11-21/h4-12,15-16,28H,3,13-14H2,1-2H3. The van der Waals surface area contributed by atoms with E-state index in [1.54, 1.807) is 12.1 Å². The molecule has 0 aliphatic carbocycles. The SMILES string of the molecule is CCOCCn1c(=NC(=O)c2cccc(NS(=O)(=O)c3ccc(F)cc3)c2)sc2cc(C)ccc21. The highest BCUT2D eigenvalue weighted by molar-refractivity contribution is 7.92. The molecule has 0 saturated carbocycles. The predicted molar refractivity (Wildman–Crippen MR) is 135 cm³/mol. The monoisotopic (exact) mass is 513 g/mol. The van der Waals surface area contributed by atoms with Gasteiger partial charge >= 0.3 is 0 Å². The number of nitrogens with zero attached hydrogens (tertiary/aromatic N) is 2. The fourth-order valence-electron chi connectivity index (χ4n) is 3.48. The molecule has 0 aliphatic heterocycles. The lowest BCUT2D eigenvalue weighted by Gasteiger charge is -2.09. The molecular weight excluding hydrogens is 489 g/mol. The molecule has 7 nitrogen and oxygen atoms in total. The Kier molecular flexibility index (Phi) is 7.44. The third-order valence-electron chi connectivity index (χ3n) is 5.18. The Hall–Kier alpha value is -3.34. The minimum atomic E-state index is -3.95. The second kappa shape index (κ2) is 10.5. The number of benzene rings is 3. The molecule has 0 saturated heterocycles. The van der Waals surface area contributed by atoms with E-state index in [1.165, 1.54) is 35.6 Å². The molecule has 4 aromatic rings. The zero-order valence-corrected chi connectivity index (χ0v) is 20.8. The lowest BCUT2D eigenvalue weighted by Crippen LogP contribution is -2.20. The van der Waals surface area contributed by atoms with E-state index in [0.29, 0.717) is 24.6 Å². The summed E-state index contributed by atoms with van der Waals surface area (Å²) in [6.07, 6.45) is 0. The number of aryl methyl sites for hydroxylation is 1. The van der Waals surface area contributed by atoms with Crippen molar-refractivity contribution in [2.24, 2.45) is 4.99 Å². The number of anilines is 1. The van der Waals surface area contributed by atoms with Crippen molar-refractivity contribution in [1.29, 1.82) is 0 Å². The molecule has 1 heterocycles. The summed E-state index contributed by atoms with van der Waals surface area (Å²) in [7, 11) is -3.95. The average Bonchev–Trinajstić information content (AvgIpc) is 3.15. The Labute approximate surface area is 206 Å². The van der Waals surface area contributed by atoms with Gasteiger partial charge in [0, 0.05) is 24.4 Å². The maximum absolute atomic E-state index is 13.2. The Bertz CT molecular complexity index is 1540. The first-order valence-electron chi connectivity index (χ1n) is 10.9. The van der Waals surface area contributed by atoms with Crippen LogP contribution in [0.3, 0.4) is 0 Å². The highest BCUT2D eigenvalue weighted by Gasteiger charge is 2.16. The summed E-state index contributed by atoms with van der Waals surface area (Å²) in [5, 5.41) is 0. The van der Waals surface area contributed by atoms with E-state index >= 15 is 0 Å². The van der Waals surface area contributed by atoms with Crippen LogP contribution in [0.4, 0.5) is 10.1 Å². The summed E-state index contributed by atoms with van der Waals surface area (Å²) < 4.78 is 49.3. The van der Waals surface area contributed by atoms with E-state index in [9.17, 15) is 17.6 Å². The van der Waals surface area contributed by atoms with Gasteiger partial charge in [0.1, 0.15) is 5.82 Å². The number of hydrogen-bond donors (Lipinski definition) is 1. The third-order valence-corrected chi connectivity index (χ3v) is 7.62. The molecule has 4 rings (SSSR count). The van der Waals surface area contributed by atoms with Gasteiger partial charge in [0.2, 0.25) is 0 Å². The maximum atomic E-state index is 13.2. The molecule has 0 unspecified atom stereocenters. The summed E-state index contributed by atoms with van der Waals surface area (Å²) >= 11 is 1.41. The van der Waals surface area contributed by atoms with E-state index in [2.05, 4.69) is 9.71 Å². The lowest BCUT2D eigenvalue weighted by molar-refractivity contribution is 0.0996. The van der Waals surface area contributed by atoms with Crippen LogP contribution in [0.5, 0.6) is 0 Å². The van der Waals surface area contributed by atoms with Crippen molar-refractivity contribution in [2.75, 3.05) is 17.9 Å². The van der Waals surface area contributed by atoms with Gasteiger partial charge in [-0.2, -0.15) is 4.99 Å². The Morgan fingerprint density at radius 1 is 1.11 bits per heavy atom. The van der Waals surface area contributed by atoms with Crippen LogP contribution in [0, 0.1) is 12.7 Å². The molecule has 1 N–H and O–H groups in total.